The van der Waals surface area contributed by atoms with E-state index < -0.39 is 0 Å². The van der Waals surface area contributed by atoms with E-state index in [1.165, 1.54) is 0 Å². The van der Waals surface area contributed by atoms with Crippen LogP contribution in [-0.2, 0) is 4.74 Å². The molecule has 0 N–H and O–H groups in total. The van der Waals surface area contributed by atoms with Crippen LogP contribution in [-0.4, -0.2) is 18.8 Å². The fourth-order valence-corrected chi connectivity index (χ4v) is 0.599. The number of ether oxygens (including phenoxy) is 1. The van der Waals surface area contributed by atoms with Crippen molar-refractivity contribution in [2.45, 2.75) is 18.9 Å². The minimum absolute atomic E-state index is 0.0359. The van der Waals surface area contributed by atoms with Crippen LogP contribution in [0.3, 0.4) is 0 Å². The second-order valence-corrected chi connectivity index (χ2v) is 2.44. The molecule has 0 amide bonds. The lowest BCUT2D eigenvalue weighted by Crippen LogP contribution is -2.04. The smallest absolute Gasteiger partial charge is 0.0890 e. The van der Waals surface area contributed by atoms with Crippen LogP contribution in [0.5, 0.6) is 0 Å². The highest BCUT2D eigenvalue weighted by molar-refractivity contribution is 4.87. The topological polar surface area (TPSA) is 61.3 Å². The highest BCUT2D eigenvalue weighted by Crippen LogP contribution is 2.29. The molecule has 1 atom stereocenters. The van der Waals surface area contributed by atoms with Crippen molar-refractivity contribution < 1.29 is 4.74 Å². The summed E-state index contributed by atoms with van der Waals surface area (Å²) in [6.07, 6.45) is 0.844. The maximum absolute atomic E-state index is 7.90. The molecule has 1 fully saturated rings. The van der Waals surface area contributed by atoms with Gasteiger partial charge in [-0.3, -0.25) is 0 Å². The van der Waals surface area contributed by atoms with Crippen LogP contribution < -0.4 is 0 Å². The molecule has 1 rings (SSSR count). The summed E-state index contributed by atoms with van der Waals surface area (Å²) in [4.78, 5) is 2.64. The molecule has 1 saturated heterocycles. The zero-order valence-corrected chi connectivity index (χ0v) is 5.37. The minimum Gasteiger partial charge on any atom is -0.370 e. The van der Waals surface area contributed by atoms with E-state index in [0.717, 1.165) is 13.0 Å². The highest BCUT2D eigenvalue weighted by Gasteiger charge is 2.37. The number of nitrogens with zero attached hydrogens (tertiary/aromatic N) is 3. The van der Waals surface area contributed by atoms with Crippen molar-refractivity contribution in [1.29, 1.82) is 0 Å². The van der Waals surface area contributed by atoms with Crippen LogP contribution in [0.15, 0.2) is 5.11 Å². The molecule has 0 aromatic carbocycles. The van der Waals surface area contributed by atoms with Gasteiger partial charge in [0.2, 0.25) is 0 Å². The molecular formula is C5H9N3O. The predicted molar refractivity (Wildman–Crippen MR) is 33.0 cm³/mol. The lowest BCUT2D eigenvalue weighted by atomic mass is 10.1. The van der Waals surface area contributed by atoms with Gasteiger partial charge in [-0.1, -0.05) is 5.11 Å². The van der Waals surface area contributed by atoms with E-state index in [2.05, 4.69) is 10.0 Å². The lowest BCUT2D eigenvalue weighted by molar-refractivity contribution is 0.312. The van der Waals surface area contributed by atoms with Gasteiger partial charge in [0, 0.05) is 11.5 Å². The van der Waals surface area contributed by atoms with Crippen molar-refractivity contribution in [2.24, 2.45) is 5.11 Å². The molecule has 1 aliphatic heterocycles. The second kappa shape index (κ2) is 2.25. The van der Waals surface area contributed by atoms with Crippen LogP contribution in [0.25, 0.3) is 10.4 Å². The molecule has 0 saturated carbocycles. The predicted octanol–water partition coefficient (Wildman–Crippen LogP) is 1.48. The van der Waals surface area contributed by atoms with Gasteiger partial charge in [-0.05, 0) is 18.9 Å². The molecular weight excluding hydrogens is 118 g/mol. The van der Waals surface area contributed by atoms with Gasteiger partial charge in [-0.15, -0.1) is 0 Å². The van der Waals surface area contributed by atoms with E-state index in [-0.39, 0.29) is 5.60 Å². The number of hydrogen-bond donors (Lipinski definition) is 0. The number of hydrogen-bond acceptors (Lipinski definition) is 2. The Kier molecular flexibility index (Phi) is 1.60. The Morgan fingerprint density at radius 1 is 1.89 bits per heavy atom. The Hall–Kier alpha value is -0.730. The standard InChI is InChI=1S/C5H9N3O/c1-5(4-9-5)2-3-7-8-6/h2-4H2,1H3. The average Bonchev–Trinajstić information content (AvgIpc) is 2.50. The summed E-state index contributed by atoms with van der Waals surface area (Å²) in [6.45, 7) is 3.38. The Morgan fingerprint density at radius 2 is 2.56 bits per heavy atom. The zero-order valence-electron chi connectivity index (χ0n) is 5.37. The first kappa shape index (κ1) is 6.39. The molecule has 0 radical (unpaired) electrons. The summed E-state index contributed by atoms with van der Waals surface area (Å²) < 4.78 is 5.06. The lowest BCUT2D eigenvalue weighted by Gasteiger charge is -1.97. The molecule has 0 aromatic heterocycles. The number of azide groups is 1. The minimum atomic E-state index is 0.0359. The van der Waals surface area contributed by atoms with Crippen molar-refractivity contribution in [3.63, 3.8) is 0 Å². The van der Waals surface area contributed by atoms with E-state index in [1.807, 2.05) is 6.92 Å². The summed E-state index contributed by atoms with van der Waals surface area (Å²) in [6, 6.07) is 0. The number of epoxide rings is 1. The average molecular weight is 127 g/mol. The van der Waals surface area contributed by atoms with Crippen LogP contribution in [0.1, 0.15) is 13.3 Å². The van der Waals surface area contributed by atoms with E-state index in [9.17, 15) is 0 Å². The summed E-state index contributed by atoms with van der Waals surface area (Å²) in [5.41, 5.74) is 7.94. The van der Waals surface area contributed by atoms with Gasteiger partial charge in [0.25, 0.3) is 0 Å². The van der Waals surface area contributed by atoms with E-state index in [1.54, 1.807) is 0 Å². The van der Waals surface area contributed by atoms with E-state index in [0.29, 0.717) is 6.54 Å². The molecule has 1 unspecified atom stereocenters. The summed E-state index contributed by atoms with van der Waals surface area (Å²) >= 11 is 0. The van der Waals surface area contributed by atoms with Gasteiger partial charge in [-0.25, -0.2) is 0 Å². The maximum atomic E-state index is 7.90. The molecule has 1 aliphatic rings. The SMILES string of the molecule is CC1(CCN=[N+]=[N-])CO1. The van der Waals surface area contributed by atoms with Crippen LogP contribution in [0.4, 0.5) is 0 Å². The molecule has 0 spiro atoms. The molecule has 9 heavy (non-hydrogen) atoms. The molecule has 0 bridgehead atoms. The quantitative estimate of drug-likeness (QED) is 0.245. The third kappa shape index (κ3) is 1.91. The molecule has 4 nitrogen and oxygen atoms in total. The van der Waals surface area contributed by atoms with Gasteiger partial charge in [0.1, 0.15) is 0 Å². The summed E-state index contributed by atoms with van der Waals surface area (Å²) in [5, 5.41) is 3.40. The fraction of sp³-hybridized carbons (Fsp3) is 1.00. The Morgan fingerprint density at radius 3 is 3.00 bits per heavy atom. The van der Waals surface area contributed by atoms with Crippen LogP contribution >= 0.6 is 0 Å². The number of rotatable bonds is 3. The first-order valence-corrected chi connectivity index (χ1v) is 2.92. The third-order valence-electron chi connectivity index (χ3n) is 1.44. The van der Waals surface area contributed by atoms with Crippen molar-refractivity contribution >= 4 is 0 Å². The largest absolute Gasteiger partial charge is 0.370 e. The summed E-state index contributed by atoms with van der Waals surface area (Å²) in [5.74, 6) is 0. The van der Waals surface area contributed by atoms with Crippen molar-refractivity contribution in [3.8, 4) is 0 Å². The van der Waals surface area contributed by atoms with Crippen molar-refractivity contribution in [3.05, 3.63) is 10.4 Å². The van der Waals surface area contributed by atoms with Crippen molar-refractivity contribution in [2.75, 3.05) is 13.2 Å². The van der Waals surface area contributed by atoms with Crippen molar-refractivity contribution in [1.82, 2.24) is 0 Å². The van der Waals surface area contributed by atoms with Gasteiger partial charge in [0.05, 0.1) is 12.2 Å². The monoisotopic (exact) mass is 127 g/mol. The first-order valence-electron chi connectivity index (χ1n) is 2.92. The first-order chi connectivity index (χ1) is 4.27. The third-order valence-corrected chi connectivity index (χ3v) is 1.44. The highest BCUT2D eigenvalue weighted by atomic mass is 16.6. The molecule has 0 aliphatic carbocycles. The Bertz CT molecular complexity index is 146. The molecule has 1 heterocycles. The second-order valence-electron chi connectivity index (χ2n) is 2.44. The fourth-order valence-electron chi connectivity index (χ4n) is 0.599. The Balaban J connectivity index is 2.12. The van der Waals surface area contributed by atoms with Gasteiger partial charge < -0.3 is 4.74 Å². The van der Waals surface area contributed by atoms with E-state index in [4.69, 9.17) is 10.3 Å². The molecule has 0 aromatic rings. The van der Waals surface area contributed by atoms with Gasteiger partial charge in [0.15, 0.2) is 0 Å². The van der Waals surface area contributed by atoms with Crippen LogP contribution in [0.2, 0.25) is 0 Å². The summed E-state index contributed by atoms with van der Waals surface area (Å²) in [7, 11) is 0. The maximum Gasteiger partial charge on any atom is 0.0890 e. The normalized spacial score (nSPS) is 31.2. The molecule has 50 valence electrons. The zero-order chi connectivity index (χ0) is 6.74. The van der Waals surface area contributed by atoms with Crippen LogP contribution in [0, 0.1) is 0 Å². The van der Waals surface area contributed by atoms with E-state index >= 15 is 0 Å². The van der Waals surface area contributed by atoms with Gasteiger partial charge >= 0.3 is 0 Å². The molecule has 4 heteroatoms. The Labute approximate surface area is 53.4 Å². The van der Waals surface area contributed by atoms with Gasteiger partial charge in [-0.2, -0.15) is 0 Å².